The van der Waals surface area contributed by atoms with Crippen molar-refractivity contribution in [2.75, 3.05) is 0 Å². The summed E-state index contributed by atoms with van der Waals surface area (Å²) in [6.07, 6.45) is 1.55. The van der Waals surface area contributed by atoms with Crippen molar-refractivity contribution in [2.24, 2.45) is 0 Å². The van der Waals surface area contributed by atoms with Crippen molar-refractivity contribution >= 4 is 0 Å². The first-order valence-corrected chi connectivity index (χ1v) is 4.05. The van der Waals surface area contributed by atoms with E-state index in [1.165, 1.54) is 0 Å². The Morgan fingerprint density at radius 3 is 2.60 bits per heavy atom. The maximum atomic E-state index is 13.2. The summed E-state index contributed by atoms with van der Waals surface area (Å²) in [5.74, 6) is -1.29. The molecule has 0 aliphatic carbocycles. The van der Waals surface area contributed by atoms with Crippen molar-refractivity contribution in [3.05, 3.63) is 54.2 Å². The summed E-state index contributed by atoms with van der Waals surface area (Å²) in [6.45, 7) is 0. The molecule has 15 heavy (non-hydrogen) atoms. The molecule has 0 N–H and O–H groups in total. The summed E-state index contributed by atoms with van der Waals surface area (Å²) in [7, 11) is 0. The van der Waals surface area contributed by atoms with E-state index in [1.54, 1.807) is 24.4 Å². The Kier molecular flexibility index (Phi) is 4.07. The SMILES string of the molecule is Fc1c[c-]c(-c2ccccn2)c(F)c1.[Re]. The van der Waals surface area contributed by atoms with Gasteiger partial charge in [-0.2, -0.15) is 0 Å². The van der Waals surface area contributed by atoms with Crippen LogP contribution in [0.4, 0.5) is 8.78 Å². The number of aromatic nitrogens is 1. The predicted molar refractivity (Wildman–Crippen MR) is 48.4 cm³/mol. The molecule has 0 bridgehead atoms. The second-order valence-corrected chi connectivity index (χ2v) is 2.76. The van der Waals surface area contributed by atoms with E-state index in [0.717, 1.165) is 12.1 Å². The number of hydrogen-bond donors (Lipinski definition) is 0. The molecule has 1 heterocycles. The quantitative estimate of drug-likeness (QED) is 0.698. The van der Waals surface area contributed by atoms with Crippen LogP contribution in [0, 0.1) is 17.7 Å². The first kappa shape index (κ1) is 12.0. The maximum Gasteiger partial charge on any atom is 0.0408 e. The molecule has 1 radical (unpaired) electrons. The zero-order chi connectivity index (χ0) is 9.97. The Labute approximate surface area is 99.8 Å². The molecule has 0 aliphatic heterocycles. The molecule has 1 aromatic heterocycles. The van der Waals surface area contributed by atoms with Crippen LogP contribution in [0.25, 0.3) is 11.3 Å². The molecule has 0 unspecified atom stereocenters. The summed E-state index contributed by atoms with van der Waals surface area (Å²) < 4.78 is 25.8. The Morgan fingerprint density at radius 2 is 2.00 bits per heavy atom. The van der Waals surface area contributed by atoms with E-state index in [9.17, 15) is 8.78 Å². The van der Waals surface area contributed by atoms with Crippen molar-refractivity contribution in [3.8, 4) is 11.3 Å². The number of hydrogen-bond acceptors (Lipinski definition) is 1. The summed E-state index contributed by atoms with van der Waals surface area (Å²) >= 11 is 0. The standard InChI is InChI=1S/C11H6F2N.Re/c12-8-4-5-9(10(13)7-8)11-3-1-2-6-14-11;/h1-4,6-7H;/q-1;. The molecule has 0 saturated heterocycles. The molecule has 77 valence electrons. The molecule has 0 amide bonds. The number of benzene rings is 1. The predicted octanol–water partition coefficient (Wildman–Crippen LogP) is 2.82. The summed E-state index contributed by atoms with van der Waals surface area (Å²) in [4.78, 5) is 3.95. The van der Waals surface area contributed by atoms with Gasteiger partial charge in [0.1, 0.15) is 0 Å². The largest absolute Gasteiger partial charge is 0.305 e. The van der Waals surface area contributed by atoms with E-state index in [2.05, 4.69) is 11.1 Å². The normalized spacial score (nSPS) is 9.47. The maximum absolute atomic E-state index is 13.2. The minimum absolute atomic E-state index is 0. The van der Waals surface area contributed by atoms with Gasteiger partial charge in [-0.3, -0.25) is 8.78 Å². The zero-order valence-corrected chi connectivity index (χ0v) is 10.3. The first-order chi connectivity index (χ1) is 6.77. The molecule has 0 fully saturated rings. The molecule has 4 heteroatoms. The van der Waals surface area contributed by atoms with Crippen LogP contribution in [-0.2, 0) is 20.4 Å². The van der Waals surface area contributed by atoms with E-state index >= 15 is 0 Å². The van der Waals surface area contributed by atoms with Gasteiger partial charge in [-0.05, 0) is 11.8 Å². The van der Waals surface area contributed by atoms with Crippen LogP contribution >= 0.6 is 0 Å². The summed E-state index contributed by atoms with van der Waals surface area (Å²) in [5.41, 5.74) is 0.636. The number of pyridine rings is 1. The van der Waals surface area contributed by atoms with E-state index in [4.69, 9.17) is 0 Å². The third-order valence-corrected chi connectivity index (χ3v) is 1.78. The Balaban J connectivity index is 0.00000112. The van der Waals surface area contributed by atoms with Crippen LogP contribution in [0.2, 0.25) is 0 Å². The summed E-state index contributed by atoms with van der Waals surface area (Å²) in [6, 6.07) is 9.53. The van der Waals surface area contributed by atoms with Crippen LogP contribution in [0.1, 0.15) is 0 Å². The smallest absolute Gasteiger partial charge is 0.0408 e. The van der Waals surface area contributed by atoms with Crippen LogP contribution in [0.5, 0.6) is 0 Å². The molecule has 2 aromatic rings. The van der Waals surface area contributed by atoms with Gasteiger partial charge in [-0.15, -0.1) is 12.1 Å². The minimum Gasteiger partial charge on any atom is -0.305 e. The van der Waals surface area contributed by atoms with Crippen LogP contribution in [-0.4, -0.2) is 4.98 Å². The van der Waals surface area contributed by atoms with Gasteiger partial charge >= 0.3 is 0 Å². The Hall–Kier alpha value is -1.11. The van der Waals surface area contributed by atoms with Crippen molar-refractivity contribution in [1.82, 2.24) is 4.98 Å². The number of rotatable bonds is 1. The second-order valence-electron chi connectivity index (χ2n) is 2.76. The van der Waals surface area contributed by atoms with Gasteiger partial charge in [0.15, 0.2) is 0 Å². The number of halogens is 2. The fraction of sp³-hybridized carbons (Fsp3) is 0. The fourth-order valence-corrected chi connectivity index (χ4v) is 1.15. The average molecular weight is 376 g/mol. The Bertz CT molecular complexity index is 446. The van der Waals surface area contributed by atoms with E-state index in [0.29, 0.717) is 5.69 Å². The third kappa shape index (κ3) is 2.68. The van der Waals surface area contributed by atoms with Gasteiger partial charge in [0.05, 0.1) is 0 Å². The molecule has 0 aliphatic rings. The van der Waals surface area contributed by atoms with Gasteiger partial charge in [-0.1, -0.05) is 23.8 Å². The van der Waals surface area contributed by atoms with Gasteiger partial charge < -0.3 is 4.98 Å². The summed E-state index contributed by atoms with van der Waals surface area (Å²) in [5, 5.41) is 0. The van der Waals surface area contributed by atoms with Gasteiger partial charge in [0, 0.05) is 38.3 Å². The second kappa shape index (κ2) is 5.11. The van der Waals surface area contributed by atoms with Crippen molar-refractivity contribution < 1.29 is 29.2 Å². The van der Waals surface area contributed by atoms with E-state index in [1.807, 2.05) is 0 Å². The van der Waals surface area contributed by atoms with Gasteiger partial charge in [-0.25, -0.2) is 0 Å². The molecular formula is C11H6F2NRe-. The molecule has 0 saturated carbocycles. The van der Waals surface area contributed by atoms with Crippen LogP contribution in [0.3, 0.4) is 0 Å². The molecular weight excluding hydrogens is 370 g/mol. The van der Waals surface area contributed by atoms with Gasteiger partial charge in [0.25, 0.3) is 0 Å². The van der Waals surface area contributed by atoms with Gasteiger partial charge in [0.2, 0.25) is 0 Å². The monoisotopic (exact) mass is 377 g/mol. The fourth-order valence-electron chi connectivity index (χ4n) is 1.15. The molecule has 0 spiro atoms. The van der Waals surface area contributed by atoms with Crippen LogP contribution < -0.4 is 0 Å². The van der Waals surface area contributed by atoms with E-state index in [-0.39, 0.29) is 26.0 Å². The zero-order valence-electron chi connectivity index (χ0n) is 7.55. The molecule has 0 atom stereocenters. The minimum atomic E-state index is -0.649. The van der Waals surface area contributed by atoms with Crippen molar-refractivity contribution in [3.63, 3.8) is 0 Å². The topological polar surface area (TPSA) is 12.9 Å². The first-order valence-electron chi connectivity index (χ1n) is 4.05. The number of nitrogens with zero attached hydrogens (tertiary/aromatic N) is 1. The van der Waals surface area contributed by atoms with Crippen molar-refractivity contribution in [2.45, 2.75) is 0 Å². The van der Waals surface area contributed by atoms with Crippen LogP contribution in [0.15, 0.2) is 36.5 Å². The molecule has 2 rings (SSSR count). The third-order valence-electron chi connectivity index (χ3n) is 1.78. The molecule has 1 aromatic carbocycles. The van der Waals surface area contributed by atoms with E-state index < -0.39 is 11.6 Å². The average Bonchev–Trinajstić information content (AvgIpc) is 2.19. The Morgan fingerprint density at radius 1 is 1.20 bits per heavy atom. The molecule has 1 nitrogen and oxygen atoms in total. The van der Waals surface area contributed by atoms with Crippen molar-refractivity contribution in [1.29, 1.82) is 0 Å².